The number of sulfonamides is 1. The van der Waals surface area contributed by atoms with Crippen LogP contribution in [0.5, 0.6) is 0 Å². The van der Waals surface area contributed by atoms with E-state index < -0.39 is 16.0 Å². The van der Waals surface area contributed by atoms with Crippen LogP contribution in [0.1, 0.15) is 34.9 Å². The summed E-state index contributed by atoms with van der Waals surface area (Å²) < 4.78 is 32.8. The van der Waals surface area contributed by atoms with Gasteiger partial charge in [0.2, 0.25) is 10.0 Å². The van der Waals surface area contributed by atoms with Crippen LogP contribution in [0.15, 0.2) is 4.90 Å². The molecule has 2 rings (SSSR count). The smallest absolute Gasteiger partial charge is 0.360 e. The van der Waals surface area contributed by atoms with Gasteiger partial charge in [-0.1, -0.05) is 0 Å². The minimum absolute atomic E-state index is 0.0189. The number of methoxy groups -OCH3 is 1. The molecule has 1 heterocycles. The van der Waals surface area contributed by atoms with Crippen molar-refractivity contribution >= 4 is 16.0 Å². The highest BCUT2D eigenvalue weighted by Gasteiger charge is 2.36. The molecule has 1 fully saturated rings. The van der Waals surface area contributed by atoms with Crippen molar-refractivity contribution in [2.24, 2.45) is 5.14 Å². The number of carbonyl (C=O) groups is 1. The van der Waals surface area contributed by atoms with Gasteiger partial charge >= 0.3 is 5.97 Å². The number of nitrogens with one attached hydrogen (secondary N) is 1. The summed E-state index contributed by atoms with van der Waals surface area (Å²) in [6, 6.07) is 0. The van der Waals surface area contributed by atoms with Crippen molar-refractivity contribution in [3.63, 3.8) is 0 Å². The second-order valence-corrected chi connectivity index (χ2v) is 5.76. The number of carbonyl (C=O) groups excluding carboxylic acids is 1. The zero-order valence-electron chi connectivity index (χ0n) is 10.4. The lowest BCUT2D eigenvalue weighted by atomic mass is 10.2. The third kappa shape index (κ3) is 3.11. The average molecular weight is 289 g/mol. The maximum absolute atomic E-state index is 11.8. The lowest BCUT2D eigenvalue weighted by Gasteiger charge is -2.04. The molecule has 0 saturated heterocycles. The summed E-state index contributed by atoms with van der Waals surface area (Å²) in [6.45, 7) is 0.237. The van der Waals surface area contributed by atoms with Crippen LogP contribution in [0.4, 0.5) is 0 Å². The maximum atomic E-state index is 11.8. The van der Waals surface area contributed by atoms with Gasteiger partial charge in [-0.25, -0.2) is 18.4 Å². The van der Waals surface area contributed by atoms with Crippen LogP contribution in [-0.2, 0) is 19.5 Å². The average Bonchev–Trinajstić information content (AvgIpc) is 3.06. The summed E-state index contributed by atoms with van der Waals surface area (Å²) in [6.07, 6.45) is 1.70. The van der Waals surface area contributed by atoms with Crippen LogP contribution < -0.4 is 5.14 Å². The zero-order valence-corrected chi connectivity index (χ0v) is 11.2. The summed E-state index contributed by atoms with van der Waals surface area (Å²) >= 11 is 0. The Morgan fingerprint density at radius 2 is 2.16 bits per heavy atom. The number of ether oxygens (including phenoxy) is 2. The second-order valence-electron chi connectivity index (χ2n) is 4.26. The zero-order chi connectivity index (χ0) is 14.0. The molecule has 0 aromatic carbocycles. The normalized spacial score (nSPS) is 15.5. The van der Waals surface area contributed by atoms with Crippen molar-refractivity contribution in [2.45, 2.75) is 23.7 Å². The van der Waals surface area contributed by atoms with Crippen LogP contribution in [0.3, 0.4) is 0 Å². The molecule has 0 atom stereocenters. The van der Waals surface area contributed by atoms with Crippen molar-refractivity contribution in [3.05, 3.63) is 11.4 Å². The third-order valence-electron chi connectivity index (χ3n) is 2.73. The molecule has 106 valence electrons. The Balaban J connectivity index is 2.27. The molecule has 9 heteroatoms. The number of hydrogen-bond donors (Lipinski definition) is 2. The fourth-order valence-corrected chi connectivity index (χ4v) is 2.62. The van der Waals surface area contributed by atoms with E-state index in [1.807, 2.05) is 0 Å². The van der Waals surface area contributed by atoms with Crippen molar-refractivity contribution in [1.29, 1.82) is 0 Å². The minimum atomic E-state index is -4.03. The number of rotatable bonds is 6. The van der Waals surface area contributed by atoms with Gasteiger partial charge in [-0.05, 0) is 12.8 Å². The third-order valence-corrected chi connectivity index (χ3v) is 3.71. The quantitative estimate of drug-likeness (QED) is 0.549. The van der Waals surface area contributed by atoms with E-state index in [0.29, 0.717) is 5.69 Å². The SMILES string of the molecule is COCCOC(=O)c1n[nH]c(C2CC2)c1S(N)(=O)=O. The molecule has 3 N–H and O–H groups in total. The molecule has 1 aliphatic rings. The number of H-pyrrole nitrogens is 1. The van der Waals surface area contributed by atoms with Crippen molar-refractivity contribution < 1.29 is 22.7 Å². The Morgan fingerprint density at radius 1 is 1.47 bits per heavy atom. The molecule has 1 aromatic heterocycles. The first-order valence-corrected chi connectivity index (χ1v) is 7.27. The summed E-state index contributed by atoms with van der Waals surface area (Å²) in [5.41, 5.74) is 0.0988. The highest BCUT2D eigenvalue weighted by atomic mass is 32.2. The number of aromatic nitrogens is 2. The number of esters is 1. The monoisotopic (exact) mass is 289 g/mol. The van der Waals surface area contributed by atoms with Gasteiger partial charge in [0.25, 0.3) is 0 Å². The van der Waals surface area contributed by atoms with E-state index in [0.717, 1.165) is 12.8 Å². The van der Waals surface area contributed by atoms with Crippen LogP contribution in [0.25, 0.3) is 0 Å². The molecule has 19 heavy (non-hydrogen) atoms. The summed E-state index contributed by atoms with van der Waals surface area (Å²) in [5.74, 6) is -0.759. The molecular weight excluding hydrogens is 274 g/mol. The van der Waals surface area contributed by atoms with Gasteiger partial charge in [0, 0.05) is 13.0 Å². The molecule has 8 nitrogen and oxygen atoms in total. The minimum Gasteiger partial charge on any atom is -0.458 e. The van der Waals surface area contributed by atoms with E-state index in [4.69, 9.17) is 14.6 Å². The van der Waals surface area contributed by atoms with Gasteiger partial charge in [0.15, 0.2) is 5.69 Å². The lowest BCUT2D eigenvalue weighted by molar-refractivity contribution is 0.0377. The van der Waals surface area contributed by atoms with Gasteiger partial charge in [-0.2, -0.15) is 5.10 Å². The molecular formula is C10H15N3O5S. The van der Waals surface area contributed by atoms with Gasteiger partial charge in [-0.3, -0.25) is 5.10 Å². The van der Waals surface area contributed by atoms with Crippen molar-refractivity contribution in [2.75, 3.05) is 20.3 Å². The van der Waals surface area contributed by atoms with Crippen LogP contribution >= 0.6 is 0 Å². The molecule has 0 radical (unpaired) electrons. The number of aromatic amines is 1. The molecule has 0 bridgehead atoms. The Morgan fingerprint density at radius 3 is 2.68 bits per heavy atom. The van der Waals surface area contributed by atoms with Crippen molar-refractivity contribution in [1.82, 2.24) is 10.2 Å². The Labute approximate surface area is 110 Å². The number of nitrogens with zero attached hydrogens (tertiary/aromatic N) is 1. The lowest BCUT2D eigenvalue weighted by Crippen LogP contribution is -2.19. The summed E-state index contributed by atoms with van der Waals surface area (Å²) in [4.78, 5) is 11.5. The first-order valence-electron chi connectivity index (χ1n) is 5.72. The molecule has 1 aromatic rings. The highest BCUT2D eigenvalue weighted by Crippen LogP contribution is 2.42. The molecule has 0 spiro atoms. The fourth-order valence-electron chi connectivity index (χ4n) is 1.71. The Kier molecular flexibility index (Phi) is 3.88. The van der Waals surface area contributed by atoms with Crippen LogP contribution in [-0.4, -0.2) is 44.9 Å². The van der Waals surface area contributed by atoms with Crippen molar-refractivity contribution in [3.8, 4) is 0 Å². The molecule has 0 aliphatic heterocycles. The summed E-state index contributed by atoms with van der Waals surface area (Å²) in [5, 5.41) is 11.4. The van der Waals surface area contributed by atoms with Crippen LogP contribution in [0, 0.1) is 0 Å². The number of nitrogens with two attached hydrogens (primary N) is 1. The molecule has 0 unspecified atom stereocenters. The van der Waals surface area contributed by atoms with E-state index in [-0.39, 0.29) is 29.7 Å². The Hall–Kier alpha value is -1.45. The Bertz CT molecular complexity index is 576. The maximum Gasteiger partial charge on any atom is 0.360 e. The molecule has 0 amide bonds. The van der Waals surface area contributed by atoms with Gasteiger partial charge in [0.05, 0.1) is 12.3 Å². The standard InChI is InChI=1S/C10H15N3O5S/c1-17-4-5-18-10(14)8-9(19(11,15)16)7(12-13-8)6-2-3-6/h6H,2-5H2,1H3,(H,12,13)(H2,11,15,16). The first kappa shape index (κ1) is 14.0. The van der Waals surface area contributed by atoms with Crippen LogP contribution in [0.2, 0.25) is 0 Å². The topological polar surface area (TPSA) is 124 Å². The highest BCUT2D eigenvalue weighted by molar-refractivity contribution is 7.89. The molecule has 1 aliphatic carbocycles. The van der Waals surface area contributed by atoms with Gasteiger partial charge in [0.1, 0.15) is 11.5 Å². The summed E-state index contributed by atoms with van der Waals surface area (Å²) in [7, 11) is -2.57. The predicted octanol–water partition coefficient (Wildman–Crippen LogP) is -0.262. The first-order chi connectivity index (χ1) is 8.95. The van der Waals surface area contributed by atoms with Gasteiger partial charge in [-0.15, -0.1) is 0 Å². The van der Waals surface area contributed by atoms with E-state index in [1.54, 1.807) is 0 Å². The fraction of sp³-hybridized carbons (Fsp3) is 0.600. The number of hydrogen-bond acceptors (Lipinski definition) is 6. The number of primary sulfonamides is 1. The van der Waals surface area contributed by atoms with E-state index in [9.17, 15) is 13.2 Å². The van der Waals surface area contributed by atoms with E-state index in [1.165, 1.54) is 7.11 Å². The second kappa shape index (κ2) is 5.27. The van der Waals surface area contributed by atoms with E-state index >= 15 is 0 Å². The van der Waals surface area contributed by atoms with Gasteiger partial charge < -0.3 is 9.47 Å². The largest absolute Gasteiger partial charge is 0.458 e. The predicted molar refractivity (Wildman–Crippen MR) is 64.1 cm³/mol. The van der Waals surface area contributed by atoms with E-state index in [2.05, 4.69) is 10.2 Å². The molecule has 1 saturated carbocycles.